The van der Waals surface area contributed by atoms with Crippen molar-refractivity contribution in [1.82, 2.24) is 5.32 Å². The normalized spacial score (nSPS) is 23.7. The van der Waals surface area contributed by atoms with Crippen molar-refractivity contribution in [3.8, 4) is 0 Å². The van der Waals surface area contributed by atoms with E-state index in [0.717, 1.165) is 36.8 Å². The van der Waals surface area contributed by atoms with Crippen LogP contribution < -0.4 is 10.2 Å². The standard InChI is InChI=1S/C14H21ClN2O/c1-3-16-9-11-4-5-12(15)8-13(11)17-7-6-14(2,18)10-17/h4-5,8,16,18H,3,6-7,9-10H2,1-2H3. The third kappa shape index (κ3) is 3.16. The summed E-state index contributed by atoms with van der Waals surface area (Å²) < 4.78 is 0. The fourth-order valence-corrected chi connectivity index (χ4v) is 2.56. The van der Waals surface area contributed by atoms with E-state index in [4.69, 9.17) is 11.6 Å². The first kappa shape index (κ1) is 13.7. The maximum absolute atomic E-state index is 10.1. The monoisotopic (exact) mass is 268 g/mol. The van der Waals surface area contributed by atoms with Gasteiger partial charge < -0.3 is 15.3 Å². The predicted octanol–water partition coefficient (Wildman–Crippen LogP) is 2.41. The molecule has 0 saturated carbocycles. The quantitative estimate of drug-likeness (QED) is 0.880. The Kier molecular flexibility index (Phi) is 4.15. The van der Waals surface area contributed by atoms with Crippen LogP contribution >= 0.6 is 11.6 Å². The third-order valence-electron chi connectivity index (χ3n) is 3.41. The fourth-order valence-electron chi connectivity index (χ4n) is 2.39. The second kappa shape index (κ2) is 5.47. The van der Waals surface area contributed by atoms with Gasteiger partial charge in [0.25, 0.3) is 0 Å². The van der Waals surface area contributed by atoms with Crippen molar-refractivity contribution < 1.29 is 5.11 Å². The Morgan fingerprint density at radius 1 is 1.50 bits per heavy atom. The number of hydrogen-bond donors (Lipinski definition) is 2. The van der Waals surface area contributed by atoms with E-state index in [1.807, 2.05) is 19.1 Å². The van der Waals surface area contributed by atoms with Crippen LogP contribution in [0.5, 0.6) is 0 Å². The highest BCUT2D eigenvalue weighted by atomic mass is 35.5. The molecular formula is C14H21ClN2O. The first-order valence-corrected chi connectivity index (χ1v) is 6.86. The minimum absolute atomic E-state index is 0.586. The van der Waals surface area contributed by atoms with Crippen LogP contribution in [0.15, 0.2) is 18.2 Å². The first-order chi connectivity index (χ1) is 8.52. The molecular weight excluding hydrogens is 248 g/mol. The van der Waals surface area contributed by atoms with Gasteiger partial charge in [-0.2, -0.15) is 0 Å². The molecule has 3 nitrogen and oxygen atoms in total. The van der Waals surface area contributed by atoms with Crippen LogP contribution in [0, 0.1) is 0 Å². The summed E-state index contributed by atoms with van der Waals surface area (Å²) in [6.07, 6.45) is 0.806. The molecule has 1 aliphatic heterocycles. The SMILES string of the molecule is CCNCc1ccc(Cl)cc1N1CCC(C)(O)C1. The van der Waals surface area contributed by atoms with Crippen molar-refractivity contribution >= 4 is 17.3 Å². The average molecular weight is 269 g/mol. The highest BCUT2D eigenvalue weighted by Crippen LogP contribution is 2.31. The molecule has 1 unspecified atom stereocenters. The van der Waals surface area contributed by atoms with Crippen LogP contribution in [-0.4, -0.2) is 30.3 Å². The summed E-state index contributed by atoms with van der Waals surface area (Å²) >= 11 is 6.09. The highest BCUT2D eigenvalue weighted by Gasteiger charge is 2.32. The van der Waals surface area contributed by atoms with Crippen molar-refractivity contribution in [2.24, 2.45) is 0 Å². The number of nitrogens with one attached hydrogen (secondary N) is 1. The molecule has 0 aliphatic carbocycles. The molecule has 1 atom stereocenters. The molecule has 1 fully saturated rings. The van der Waals surface area contributed by atoms with Gasteiger partial charge in [0.15, 0.2) is 0 Å². The van der Waals surface area contributed by atoms with E-state index < -0.39 is 5.60 Å². The van der Waals surface area contributed by atoms with Crippen LogP contribution in [0.25, 0.3) is 0 Å². The summed E-state index contributed by atoms with van der Waals surface area (Å²) in [5.74, 6) is 0. The van der Waals surface area contributed by atoms with Crippen molar-refractivity contribution in [2.75, 3.05) is 24.5 Å². The maximum Gasteiger partial charge on any atom is 0.0810 e. The number of anilines is 1. The molecule has 1 heterocycles. The van der Waals surface area contributed by atoms with Crippen LogP contribution in [0.3, 0.4) is 0 Å². The minimum atomic E-state index is -0.586. The van der Waals surface area contributed by atoms with Gasteiger partial charge in [-0.3, -0.25) is 0 Å². The van der Waals surface area contributed by atoms with Crippen LogP contribution in [0.1, 0.15) is 25.8 Å². The lowest BCUT2D eigenvalue weighted by Crippen LogP contribution is -2.30. The van der Waals surface area contributed by atoms with Gasteiger partial charge in [-0.15, -0.1) is 0 Å². The van der Waals surface area contributed by atoms with Gasteiger partial charge in [0.2, 0.25) is 0 Å². The molecule has 18 heavy (non-hydrogen) atoms. The lowest BCUT2D eigenvalue weighted by molar-refractivity contribution is 0.0839. The Balaban J connectivity index is 2.22. The number of halogens is 1. The Bertz CT molecular complexity index is 420. The van der Waals surface area contributed by atoms with Crippen molar-refractivity contribution in [3.63, 3.8) is 0 Å². The Morgan fingerprint density at radius 2 is 2.28 bits per heavy atom. The Labute approximate surface area is 114 Å². The lowest BCUT2D eigenvalue weighted by atomic mass is 10.1. The zero-order chi connectivity index (χ0) is 13.2. The fraction of sp³-hybridized carbons (Fsp3) is 0.571. The van der Waals surface area contributed by atoms with Gasteiger partial charge in [-0.05, 0) is 37.6 Å². The number of rotatable bonds is 4. The van der Waals surface area contributed by atoms with Crippen molar-refractivity contribution in [1.29, 1.82) is 0 Å². The second-order valence-corrected chi connectivity index (χ2v) is 5.66. The van der Waals surface area contributed by atoms with E-state index in [0.29, 0.717) is 6.54 Å². The Morgan fingerprint density at radius 3 is 2.89 bits per heavy atom. The predicted molar refractivity (Wildman–Crippen MR) is 76.3 cm³/mol. The van der Waals surface area contributed by atoms with Gasteiger partial charge >= 0.3 is 0 Å². The number of nitrogens with zero attached hydrogens (tertiary/aromatic N) is 1. The van der Waals surface area contributed by atoms with Crippen molar-refractivity contribution in [3.05, 3.63) is 28.8 Å². The number of hydrogen-bond acceptors (Lipinski definition) is 3. The van der Waals surface area contributed by atoms with Crippen LogP contribution in [0.4, 0.5) is 5.69 Å². The van der Waals surface area contributed by atoms with E-state index in [1.54, 1.807) is 0 Å². The van der Waals surface area contributed by atoms with Gasteiger partial charge in [0.05, 0.1) is 5.60 Å². The number of β-amino-alcohol motifs (C(OH)–C–C–N with tert-alkyl or cyclic N) is 1. The summed E-state index contributed by atoms with van der Waals surface area (Å²) in [4.78, 5) is 2.22. The molecule has 0 amide bonds. The number of aliphatic hydroxyl groups is 1. The molecule has 1 aromatic rings. The zero-order valence-electron chi connectivity index (χ0n) is 11.0. The molecule has 1 saturated heterocycles. The van der Waals surface area contributed by atoms with E-state index in [-0.39, 0.29) is 0 Å². The summed E-state index contributed by atoms with van der Waals surface area (Å²) in [5.41, 5.74) is 1.79. The summed E-state index contributed by atoms with van der Waals surface area (Å²) in [6.45, 7) is 7.32. The zero-order valence-corrected chi connectivity index (χ0v) is 11.8. The van der Waals surface area contributed by atoms with E-state index in [2.05, 4.69) is 23.2 Å². The average Bonchev–Trinajstić information content (AvgIpc) is 2.68. The molecule has 2 N–H and O–H groups in total. The Hall–Kier alpha value is -0.770. The molecule has 1 aliphatic rings. The van der Waals surface area contributed by atoms with Gasteiger partial charge in [0.1, 0.15) is 0 Å². The molecule has 1 aromatic carbocycles. The molecule has 0 aromatic heterocycles. The van der Waals surface area contributed by atoms with Gasteiger partial charge in [0, 0.05) is 30.3 Å². The molecule has 0 spiro atoms. The van der Waals surface area contributed by atoms with E-state index >= 15 is 0 Å². The second-order valence-electron chi connectivity index (χ2n) is 5.22. The molecule has 2 rings (SSSR count). The summed E-state index contributed by atoms with van der Waals surface area (Å²) in [5, 5.41) is 14.2. The lowest BCUT2D eigenvalue weighted by Gasteiger charge is -2.24. The van der Waals surface area contributed by atoms with Crippen molar-refractivity contribution in [2.45, 2.75) is 32.4 Å². The highest BCUT2D eigenvalue weighted by molar-refractivity contribution is 6.30. The molecule has 0 bridgehead atoms. The smallest absolute Gasteiger partial charge is 0.0810 e. The van der Waals surface area contributed by atoms with Crippen LogP contribution in [0.2, 0.25) is 5.02 Å². The maximum atomic E-state index is 10.1. The van der Waals surface area contributed by atoms with E-state index in [1.165, 1.54) is 5.56 Å². The minimum Gasteiger partial charge on any atom is -0.388 e. The first-order valence-electron chi connectivity index (χ1n) is 6.48. The van der Waals surface area contributed by atoms with E-state index in [9.17, 15) is 5.11 Å². The molecule has 4 heteroatoms. The van der Waals surface area contributed by atoms with Gasteiger partial charge in [-0.25, -0.2) is 0 Å². The largest absolute Gasteiger partial charge is 0.388 e. The topological polar surface area (TPSA) is 35.5 Å². The van der Waals surface area contributed by atoms with Gasteiger partial charge in [-0.1, -0.05) is 24.6 Å². The summed E-state index contributed by atoms with van der Waals surface area (Å²) in [6, 6.07) is 5.98. The number of benzene rings is 1. The third-order valence-corrected chi connectivity index (χ3v) is 3.64. The molecule has 100 valence electrons. The molecule has 0 radical (unpaired) electrons. The van der Waals surface area contributed by atoms with Crippen LogP contribution in [-0.2, 0) is 6.54 Å². The summed E-state index contributed by atoms with van der Waals surface area (Å²) in [7, 11) is 0.